The first kappa shape index (κ1) is 28.1. The highest BCUT2D eigenvalue weighted by atomic mass is 16.5. The van der Waals surface area contributed by atoms with Crippen molar-refractivity contribution in [2.24, 2.45) is 0 Å². The third kappa shape index (κ3) is 16.4. The molecule has 0 radical (unpaired) electrons. The molecule has 0 saturated heterocycles. The van der Waals surface area contributed by atoms with Gasteiger partial charge >= 0.3 is 0 Å². The number of aliphatic hydroxyl groups excluding tert-OH is 1. The Labute approximate surface area is 192 Å². The molecule has 0 spiro atoms. The molecule has 1 rings (SSSR count). The Morgan fingerprint density at radius 3 is 1.68 bits per heavy atom. The van der Waals surface area contributed by atoms with Crippen LogP contribution in [0, 0.1) is 0 Å². The molecule has 0 aromatic heterocycles. The minimum Gasteiger partial charge on any atom is -0.394 e. The van der Waals surface area contributed by atoms with E-state index in [1.807, 2.05) is 18.2 Å². The predicted octanol–water partition coefficient (Wildman–Crippen LogP) is 7.84. The van der Waals surface area contributed by atoms with E-state index in [9.17, 15) is 5.11 Å². The topological polar surface area (TPSA) is 38.7 Å². The van der Waals surface area contributed by atoms with Crippen molar-refractivity contribution in [1.82, 2.24) is 0 Å². The van der Waals surface area contributed by atoms with E-state index in [0.717, 1.165) is 18.4 Å². The molecule has 2 unspecified atom stereocenters. The molecule has 0 fully saturated rings. The predicted molar refractivity (Wildman–Crippen MR) is 132 cm³/mol. The van der Waals surface area contributed by atoms with Crippen molar-refractivity contribution >= 4 is 0 Å². The quantitative estimate of drug-likeness (QED) is 0.189. The van der Waals surface area contributed by atoms with Crippen LogP contribution in [0.3, 0.4) is 0 Å². The summed E-state index contributed by atoms with van der Waals surface area (Å²) in [5, 5.41) is 9.73. The van der Waals surface area contributed by atoms with Gasteiger partial charge in [-0.15, -0.1) is 0 Å². The van der Waals surface area contributed by atoms with E-state index in [2.05, 4.69) is 26.0 Å². The average Bonchev–Trinajstić information content (AvgIpc) is 2.80. The maximum absolute atomic E-state index is 9.73. The summed E-state index contributed by atoms with van der Waals surface area (Å²) in [5.74, 6) is 0. The van der Waals surface area contributed by atoms with Gasteiger partial charge in [0.25, 0.3) is 0 Å². The number of benzene rings is 1. The van der Waals surface area contributed by atoms with Crippen LogP contribution in [0.1, 0.15) is 116 Å². The van der Waals surface area contributed by atoms with Gasteiger partial charge in [-0.05, 0) is 18.4 Å². The van der Waals surface area contributed by atoms with Crippen LogP contribution in [0.2, 0.25) is 0 Å². The first-order chi connectivity index (χ1) is 15.3. The van der Waals surface area contributed by atoms with Crippen molar-refractivity contribution in [1.29, 1.82) is 0 Å². The van der Waals surface area contributed by atoms with Gasteiger partial charge in [0, 0.05) is 0 Å². The Kier molecular flexibility index (Phi) is 19.0. The summed E-state index contributed by atoms with van der Waals surface area (Å²) >= 11 is 0. The molecular weight excluding hydrogens is 384 g/mol. The van der Waals surface area contributed by atoms with Gasteiger partial charge in [-0.25, -0.2) is 0 Å². The largest absolute Gasteiger partial charge is 0.394 e. The van der Waals surface area contributed by atoms with Gasteiger partial charge in [-0.3, -0.25) is 0 Å². The SMILES string of the molecule is CCCCCCCCCC(CCCCCCCC)OCC(CO)OCc1ccccc1. The fourth-order valence-electron chi connectivity index (χ4n) is 3.98. The lowest BCUT2D eigenvalue weighted by Crippen LogP contribution is -2.27. The van der Waals surface area contributed by atoms with Crippen LogP contribution in [-0.2, 0) is 16.1 Å². The van der Waals surface area contributed by atoms with E-state index in [-0.39, 0.29) is 12.7 Å². The zero-order valence-corrected chi connectivity index (χ0v) is 20.5. The second-order valence-corrected chi connectivity index (χ2v) is 9.02. The highest BCUT2D eigenvalue weighted by Gasteiger charge is 2.14. The fraction of sp³-hybridized carbons (Fsp3) is 0.786. The van der Waals surface area contributed by atoms with E-state index in [4.69, 9.17) is 9.47 Å². The summed E-state index contributed by atoms with van der Waals surface area (Å²) in [6.45, 7) is 5.56. The summed E-state index contributed by atoms with van der Waals surface area (Å²) in [6.07, 6.45) is 19.6. The van der Waals surface area contributed by atoms with E-state index in [1.54, 1.807) is 0 Å². The number of ether oxygens (including phenoxy) is 2. The van der Waals surface area contributed by atoms with Crippen LogP contribution >= 0.6 is 0 Å². The van der Waals surface area contributed by atoms with Crippen LogP contribution in [0.4, 0.5) is 0 Å². The van der Waals surface area contributed by atoms with Gasteiger partial charge in [0.05, 0.1) is 25.9 Å². The third-order valence-corrected chi connectivity index (χ3v) is 6.06. The summed E-state index contributed by atoms with van der Waals surface area (Å²) in [6, 6.07) is 10.1. The Balaban J connectivity index is 2.31. The summed E-state index contributed by atoms with van der Waals surface area (Å²) in [4.78, 5) is 0. The standard InChI is InChI=1S/C28H50O3/c1-3-5-7-9-11-13-18-22-27(21-17-12-10-8-6-4-2)31-25-28(23-29)30-24-26-19-15-14-16-20-26/h14-16,19-20,27-29H,3-13,17-18,21-25H2,1-2H3. The molecule has 1 aromatic rings. The molecule has 0 saturated carbocycles. The lowest BCUT2D eigenvalue weighted by Gasteiger charge is -2.22. The normalized spacial score (nSPS) is 13.4. The number of hydrogen-bond donors (Lipinski definition) is 1. The Bertz CT molecular complexity index is 476. The third-order valence-electron chi connectivity index (χ3n) is 6.06. The minimum absolute atomic E-state index is 0.00794. The van der Waals surface area contributed by atoms with Crippen LogP contribution in [0.25, 0.3) is 0 Å². The zero-order chi connectivity index (χ0) is 22.4. The van der Waals surface area contributed by atoms with Gasteiger partial charge < -0.3 is 14.6 Å². The molecule has 180 valence electrons. The molecule has 1 aromatic carbocycles. The monoisotopic (exact) mass is 434 g/mol. The lowest BCUT2D eigenvalue weighted by atomic mass is 10.0. The first-order valence-electron chi connectivity index (χ1n) is 13.2. The van der Waals surface area contributed by atoms with Crippen LogP contribution in [0.15, 0.2) is 30.3 Å². The van der Waals surface area contributed by atoms with Crippen LogP contribution in [-0.4, -0.2) is 30.5 Å². The Morgan fingerprint density at radius 2 is 1.16 bits per heavy atom. The van der Waals surface area contributed by atoms with Crippen LogP contribution < -0.4 is 0 Å². The second-order valence-electron chi connectivity index (χ2n) is 9.02. The highest BCUT2D eigenvalue weighted by Crippen LogP contribution is 2.18. The lowest BCUT2D eigenvalue weighted by molar-refractivity contribution is -0.0737. The van der Waals surface area contributed by atoms with Gasteiger partial charge in [-0.1, -0.05) is 128 Å². The summed E-state index contributed by atoms with van der Waals surface area (Å²) in [7, 11) is 0. The minimum atomic E-state index is -0.249. The van der Waals surface area contributed by atoms with Crippen molar-refractivity contribution in [2.45, 2.75) is 129 Å². The molecule has 0 heterocycles. The van der Waals surface area contributed by atoms with Crippen molar-refractivity contribution in [3.05, 3.63) is 35.9 Å². The maximum atomic E-state index is 9.73. The first-order valence-corrected chi connectivity index (χ1v) is 13.2. The molecule has 0 aliphatic carbocycles. The molecule has 1 N–H and O–H groups in total. The number of hydrogen-bond acceptors (Lipinski definition) is 3. The van der Waals surface area contributed by atoms with Crippen LogP contribution in [0.5, 0.6) is 0 Å². The summed E-state index contributed by atoms with van der Waals surface area (Å²) < 4.78 is 12.2. The van der Waals surface area contributed by atoms with Crippen molar-refractivity contribution < 1.29 is 14.6 Å². The molecule has 0 aliphatic heterocycles. The number of rotatable bonds is 22. The van der Waals surface area contributed by atoms with E-state index < -0.39 is 0 Å². The van der Waals surface area contributed by atoms with Gasteiger partial charge in [0.1, 0.15) is 6.10 Å². The van der Waals surface area contributed by atoms with E-state index in [0.29, 0.717) is 19.3 Å². The molecule has 3 heteroatoms. The maximum Gasteiger partial charge on any atom is 0.104 e. The molecule has 0 amide bonds. The van der Waals surface area contributed by atoms with Gasteiger partial charge in [-0.2, -0.15) is 0 Å². The molecule has 0 bridgehead atoms. The highest BCUT2D eigenvalue weighted by molar-refractivity contribution is 5.13. The molecule has 0 aliphatic rings. The van der Waals surface area contributed by atoms with Crippen molar-refractivity contribution in [3.8, 4) is 0 Å². The molecule has 3 nitrogen and oxygen atoms in total. The summed E-state index contributed by atoms with van der Waals surface area (Å²) in [5.41, 5.74) is 1.13. The Hall–Kier alpha value is -0.900. The van der Waals surface area contributed by atoms with Crippen molar-refractivity contribution in [2.75, 3.05) is 13.2 Å². The average molecular weight is 435 g/mol. The molecular formula is C28H50O3. The van der Waals surface area contributed by atoms with Gasteiger partial charge in [0.2, 0.25) is 0 Å². The van der Waals surface area contributed by atoms with Gasteiger partial charge in [0.15, 0.2) is 0 Å². The van der Waals surface area contributed by atoms with Crippen molar-refractivity contribution in [3.63, 3.8) is 0 Å². The number of aliphatic hydroxyl groups is 1. The smallest absolute Gasteiger partial charge is 0.104 e. The van der Waals surface area contributed by atoms with E-state index in [1.165, 1.54) is 83.5 Å². The fourth-order valence-corrected chi connectivity index (χ4v) is 3.98. The number of unbranched alkanes of at least 4 members (excludes halogenated alkanes) is 11. The Morgan fingerprint density at radius 1 is 0.645 bits per heavy atom. The zero-order valence-electron chi connectivity index (χ0n) is 20.5. The second kappa shape index (κ2) is 21.0. The molecule has 2 atom stereocenters. The van der Waals surface area contributed by atoms with E-state index >= 15 is 0 Å². The molecule has 31 heavy (non-hydrogen) atoms.